The molecule has 0 radical (unpaired) electrons. The van der Waals surface area contributed by atoms with E-state index in [2.05, 4.69) is 5.32 Å². The summed E-state index contributed by atoms with van der Waals surface area (Å²) >= 11 is 1.71. The zero-order chi connectivity index (χ0) is 27.0. The standard InChI is InChI=1S/C30H35FN4O3S/c31-22-12-14-24(15-13-22)38-19-6-2-5-17-32-20-28(36)34-18-16-27-26(21-34)29(37)35(23-8-3-1-4-9-23)30(33-27)39-25-10-7-11-25/h1,3-4,8-9,12-15,25,32H,2,5-7,10-11,16-21H2. The van der Waals surface area contributed by atoms with Gasteiger partial charge < -0.3 is 15.0 Å². The highest BCUT2D eigenvalue weighted by atomic mass is 32.2. The number of unbranched alkanes of at least 4 members (excludes halogenated alkanes) is 2. The molecule has 206 valence electrons. The summed E-state index contributed by atoms with van der Waals surface area (Å²) in [5, 5.41) is 4.52. The number of thioether (sulfide) groups is 1. The lowest BCUT2D eigenvalue weighted by Gasteiger charge is -2.30. The average molecular weight is 551 g/mol. The van der Waals surface area contributed by atoms with Crippen molar-refractivity contribution in [3.63, 3.8) is 0 Å². The number of para-hydroxylation sites is 1. The highest BCUT2D eigenvalue weighted by Crippen LogP contribution is 2.36. The molecule has 0 bridgehead atoms. The van der Waals surface area contributed by atoms with Gasteiger partial charge in [-0.15, -0.1) is 0 Å². The van der Waals surface area contributed by atoms with E-state index in [0.717, 1.165) is 55.2 Å². The van der Waals surface area contributed by atoms with Gasteiger partial charge in [-0.25, -0.2) is 9.37 Å². The Morgan fingerprint density at radius 3 is 2.62 bits per heavy atom. The topological polar surface area (TPSA) is 76.5 Å². The summed E-state index contributed by atoms with van der Waals surface area (Å²) in [5.74, 6) is 0.395. The first kappa shape index (κ1) is 27.4. The third-order valence-electron chi connectivity index (χ3n) is 7.25. The molecule has 1 amide bonds. The molecule has 0 spiro atoms. The number of amides is 1. The van der Waals surface area contributed by atoms with Crippen LogP contribution in [-0.2, 0) is 17.8 Å². The molecule has 9 heteroatoms. The zero-order valence-corrected chi connectivity index (χ0v) is 22.9. The number of carbonyl (C=O) groups is 1. The van der Waals surface area contributed by atoms with Crippen LogP contribution in [0, 0.1) is 5.82 Å². The number of fused-ring (bicyclic) bond motifs is 1. The second kappa shape index (κ2) is 13.3. The SMILES string of the molecule is O=C(CNCCCCCOc1ccc(F)cc1)N1CCc2nc(SC3CCC3)n(-c3ccccc3)c(=O)c2C1. The molecular formula is C30H35FN4O3S. The van der Waals surface area contributed by atoms with Crippen LogP contribution in [0.3, 0.4) is 0 Å². The Bertz CT molecular complexity index is 1310. The molecule has 1 N–H and O–H groups in total. The number of nitrogens with zero attached hydrogens (tertiary/aromatic N) is 3. The Labute approximate surface area is 232 Å². The molecule has 1 fully saturated rings. The summed E-state index contributed by atoms with van der Waals surface area (Å²) < 4.78 is 20.3. The maximum atomic E-state index is 13.7. The predicted octanol–water partition coefficient (Wildman–Crippen LogP) is 4.74. The van der Waals surface area contributed by atoms with Gasteiger partial charge in [0.15, 0.2) is 5.16 Å². The van der Waals surface area contributed by atoms with Gasteiger partial charge in [0.25, 0.3) is 5.56 Å². The second-order valence-electron chi connectivity index (χ2n) is 10.1. The number of hydrogen-bond acceptors (Lipinski definition) is 6. The van der Waals surface area contributed by atoms with Gasteiger partial charge in [0.1, 0.15) is 11.6 Å². The van der Waals surface area contributed by atoms with Crippen molar-refractivity contribution in [2.75, 3.05) is 26.2 Å². The van der Waals surface area contributed by atoms with Crippen molar-refractivity contribution in [3.05, 3.63) is 82.0 Å². The van der Waals surface area contributed by atoms with Crippen molar-refractivity contribution in [2.45, 2.75) is 61.9 Å². The van der Waals surface area contributed by atoms with E-state index in [4.69, 9.17) is 9.72 Å². The van der Waals surface area contributed by atoms with Crippen molar-refractivity contribution in [2.24, 2.45) is 0 Å². The van der Waals surface area contributed by atoms with Crippen molar-refractivity contribution < 1.29 is 13.9 Å². The number of hydrogen-bond donors (Lipinski definition) is 1. The van der Waals surface area contributed by atoms with E-state index in [-0.39, 0.29) is 23.8 Å². The minimum Gasteiger partial charge on any atom is -0.494 e. The molecule has 1 saturated carbocycles. The van der Waals surface area contributed by atoms with Gasteiger partial charge in [-0.2, -0.15) is 0 Å². The predicted molar refractivity (Wildman–Crippen MR) is 151 cm³/mol. The molecule has 0 atom stereocenters. The molecule has 7 nitrogen and oxygen atoms in total. The fourth-order valence-corrected chi connectivity index (χ4v) is 6.07. The zero-order valence-electron chi connectivity index (χ0n) is 22.1. The molecule has 2 aromatic carbocycles. The number of nitrogens with one attached hydrogen (secondary N) is 1. The maximum Gasteiger partial charge on any atom is 0.264 e. The largest absolute Gasteiger partial charge is 0.494 e. The second-order valence-corrected chi connectivity index (χ2v) is 11.3. The highest BCUT2D eigenvalue weighted by Gasteiger charge is 2.28. The Balaban J connectivity index is 1.11. The fourth-order valence-electron chi connectivity index (χ4n) is 4.75. The summed E-state index contributed by atoms with van der Waals surface area (Å²) in [6.07, 6.45) is 6.92. The van der Waals surface area contributed by atoms with Gasteiger partial charge in [0, 0.05) is 18.2 Å². The van der Waals surface area contributed by atoms with E-state index in [1.54, 1.807) is 33.4 Å². The average Bonchev–Trinajstić information content (AvgIpc) is 2.93. The number of aromatic nitrogens is 2. The van der Waals surface area contributed by atoms with Crippen LogP contribution in [0.2, 0.25) is 0 Å². The molecule has 1 aliphatic carbocycles. The number of ether oxygens (including phenoxy) is 1. The molecule has 5 rings (SSSR count). The quantitative estimate of drug-likeness (QED) is 0.259. The lowest BCUT2D eigenvalue weighted by Crippen LogP contribution is -2.44. The van der Waals surface area contributed by atoms with Gasteiger partial charge in [0.2, 0.25) is 5.91 Å². The third kappa shape index (κ3) is 7.08. The lowest BCUT2D eigenvalue weighted by molar-refractivity contribution is -0.131. The van der Waals surface area contributed by atoms with Gasteiger partial charge in [-0.1, -0.05) is 36.4 Å². The Kier molecular flexibility index (Phi) is 9.32. The smallest absolute Gasteiger partial charge is 0.264 e. The molecule has 1 aliphatic heterocycles. The van der Waals surface area contributed by atoms with E-state index in [1.165, 1.54) is 18.6 Å². The van der Waals surface area contributed by atoms with Crippen molar-refractivity contribution in [1.29, 1.82) is 0 Å². The first-order chi connectivity index (χ1) is 19.1. The Morgan fingerprint density at radius 2 is 1.87 bits per heavy atom. The summed E-state index contributed by atoms with van der Waals surface area (Å²) in [7, 11) is 0. The number of carbonyl (C=O) groups excluding carboxylic acids is 1. The molecule has 39 heavy (non-hydrogen) atoms. The summed E-state index contributed by atoms with van der Waals surface area (Å²) in [6.45, 7) is 2.43. The van der Waals surface area contributed by atoms with Gasteiger partial charge >= 0.3 is 0 Å². The van der Waals surface area contributed by atoms with Crippen LogP contribution in [0.1, 0.15) is 49.8 Å². The molecule has 1 aromatic heterocycles. The van der Waals surface area contributed by atoms with Crippen molar-refractivity contribution in [3.8, 4) is 11.4 Å². The van der Waals surface area contributed by atoms with Crippen LogP contribution in [0.5, 0.6) is 5.75 Å². The first-order valence-corrected chi connectivity index (χ1v) is 14.7. The summed E-state index contributed by atoms with van der Waals surface area (Å²) in [4.78, 5) is 33.4. The minimum atomic E-state index is -0.273. The van der Waals surface area contributed by atoms with Crippen LogP contribution in [0.4, 0.5) is 4.39 Å². The third-order valence-corrected chi connectivity index (χ3v) is 8.54. The van der Waals surface area contributed by atoms with Crippen LogP contribution < -0.4 is 15.6 Å². The van der Waals surface area contributed by atoms with E-state index < -0.39 is 0 Å². The normalized spacial score (nSPS) is 15.1. The summed E-state index contributed by atoms with van der Waals surface area (Å²) in [5.41, 5.74) is 2.19. The monoisotopic (exact) mass is 550 g/mol. The molecule has 0 unspecified atom stereocenters. The highest BCUT2D eigenvalue weighted by molar-refractivity contribution is 7.99. The molecule has 2 aliphatic rings. The van der Waals surface area contributed by atoms with E-state index in [1.807, 2.05) is 30.3 Å². The summed E-state index contributed by atoms with van der Waals surface area (Å²) in [6, 6.07) is 15.7. The number of halogens is 1. The molecule has 3 aromatic rings. The molecular weight excluding hydrogens is 515 g/mol. The van der Waals surface area contributed by atoms with E-state index >= 15 is 0 Å². The fraction of sp³-hybridized carbons (Fsp3) is 0.433. The van der Waals surface area contributed by atoms with Crippen molar-refractivity contribution >= 4 is 17.7 Å². The molecule has 0 saturated heterocycles. The maximum absolute atomic E-state index is 13.7. The number of rotatable bonds is 12. The first-order valence-electron chi connectivity index (χ1n) is 13.8. The molecule has 2 heterocycles. The van der Waals surface area contributed by atoms with Crippen LogP contribution in [0.25, 0.3) is 5.69 Å². The van der Waals surface area contributed by atoms with Gasteiger partial charge in [-0.3, -0.25) is 14.2 Å². The number of benzene rings is 2. The van der Waals surface area contributed by atoms with Gasteiger partial charge in [0.05, 0.1) is 36.6 Å². The van der Waals surface area contributed by atoms with Crippen LogP contribution >= 0.6 is 11.8 Å². The minimum absolute atomic E-state index is 0.00104. The Hall–Kier alpha value is -3.17. The van der Waals surface area contributed by atoms with E-state index in [0.29, 0.717) is 42.7 Å². The van der Waals surface area contributed by atoms with Crippen LogP contribution in [0.15, 0.2) is 64.5 Å². The Morgan fingerprint density at radius 1 is 1.08 bits per heavy atom. The van der Waals surface area contributed by atoms with E-state index in [9.17, 15) is 14.0 Å². The van der Waals surface area contributed by atoms with Crippen molar-refractivity contribution in [1.82, 2.24) is 19.8 Å². The lowest BCUT2D eigenvalue weighted by atomic mass is 10.0. The van der Waals surface area contributed by atoms with Crippen LogP contribution in [-0.4, -0.2) is 51.8 Å². The van der Waals surface area contributed by atoms with Gasteiger partial charge in [-0.05, 0) is 75.0 Å².